The van der Waals surface area contributed by atoms with E-state index < -0.39 is 0 Å². The van der Waals surface area contributed by atoms with E-state index in [0.717, 1.165) is 25.6 Å². The molecule has 0 bridgehead atoms. The molecular formula is C17H30N4S. The monoisotopic (exact) mass is 322 g/mol. The molecular weight excluding hydrogens is 292 g/mol. The van der Waals surface area contributed by atoms with Crippen LogP contribution in [0.3, 0.4) is 0 Å². The number of nitrogens with one attached hydrogen (secondary N) is 2. The van der Waals surface area contributed by atoms with Crippen molar-refractivity contribution in [2.24, 2.45) is 10.9 Å². The summed E-state index contributed by atoms with van der Waals surface area (Å²) < 4.78 is 0. The van der Waals surface area contributed by atoms with E-state index in [4.69, 9.17) is 0 Å². The molecule has 0 fully saturated rings. The fraction of sp³-hybridized carbons (Fsp3) is 0.706. The Hall–Kier alpha value is -1.07. The molecule has 0 radical (unpaired) electrons. The van der Waals surface area contributed by atoms with E-state index in [1.165, 1.54) is 12.0 Å². The van der Waals surface area contributed by atoms with Gasteiger partial charge in [0.2, 0.25) is 0 Å². The molecule has 1 aromatic rings. The first-order valence-corrected chi connectivity index (χ1v) is 9.15. The quantitative estimate of drug-likeness (QED) is 0.647. The van der Waals surface area contributed by atoms with Crippen molar-refractivity contribution in [3.05, 3.63) is 21.9 Å². The maximum atomic E-state index is 4.33. The zero-order valence-electron chi connectivity index (χ0n) is 14.5. The van der Waals surface area contributed by atoms with Crippen LogP contribution in [0.2, 0.25) is 0 Å². The number of aliphatic imine (C=N–C) groups is 1. The van der Waals surface area contributed by atoms with Crippen LogP contribution in [0.4, 0.5) is 0 Å². The summed E-state index contributed by atoms with van der Waals surface area (Å²) in [5.41, 5.74) is 1.51. The van der Waals surface area contributed by atoms with Crippen LogP contribution in [-0.2, 0) is 13.0 Å². The number of guanidine groups is 1. The zero-order valence-corrected chi connectivity index (χ0v) is 15.3. The predicted octanol–water partition coefficient (Wildman–Crippen LogP) is 2.70. The zero-order chi connectivity index (χ0) is 16.1. The van der Waals surface area contributed by atoms with Gasteiger partial charge in [-0.15, -0.1) is 11.3 Å². The molecule has 22 heavy (non-hydrogen) atoms. The maximum Gasteiger partial charge on any atom is 0.191 e. The lowest BCUT2D eigenvalue weighted by Gasteiger charge is -2.33. The smallest absolute Gasteiger partial charge is 0.191 e. The molecule has 4 nitrogen and oxygen atoms in total. The number of hydrogen-bond acceptors (Lipinski definition) is 3. The van der Waals surface area contributed by atoms with E-state index in [9.17, 15) is 0 Å². The molecule has 0 saturated carbocycles. The maximum absolute atomic E-state index is 4.33. The van der Waals surface area contributed by atoms with Crippen molar-refractivity contribution in [1.82, 2.24) is 15.5 Å². The highest BCUT2D eigenvalue weighted by Gasteiger charge is 2.21. The van der Waals surface area contributed by atoms with Gasteiger partial charge < -0.3 is 10.6 Å². The van der Waals surface area contributed by atoms with Crippen LogP contribution in [0.15, 0.2) is 16.4 Å². The van der Waals surface area contributed by atoms with Crippen molar-refractivity contribution < 1.29 is 0 Å². The van der Waals surface area contributed by atoms with Gasteiger partial charge in [-0.05, 0) is 43.2 Å². The van der Waals surface area contributed by atoms with Crippen molar-refractivity contribution in [3.8, 4) is 0 Å². The summed E-state index contributed by atoms with van der Waals surface area (Å²) in [5.74, 6) is 1.50. The summed E-state index contributed by atoms with van der Waals surface area (Å²) in [7, 11) is 1.84. The Labute approximate surface area is 139 Å². The van der Waals surface area contributed by atoms with Crippen LogP contribution < -0.4 is 10.6 Å². The standard InChI is InChI=1S/C17H30N4S/c1-12(2)14(4)20-17(18-5)19-10-13(3)21-8-6-16-15(11-21)7-9-22-16/h7,9,12-14H,6,8,10-11H2,1-5H3,(H2,18,19,20). The molecule has 0 spiro atoms. The lowest BCUT2D eigenvalue weighted by atomic mass is 10.1. The summed E-state index contributed by atoms with van der Waals surface area (Å²) >= 11 is 1.90. The summed E-state index contributed by atoms with van der Waals surface area (Å²) in [6.45, 7) is 12.1. The Morgan fingerprint density at radius 1 is 1.36 bits per heavy atom. The number of rotatable bonds is 5. The van der Waals surface area contributed by atoms with Gasteiger partial charge in [0, 0.05) is 43.6 Å². The van der Waals surface area contributed by atoms with Crippen LogP contribution in [-0.4, -0.2) is 43.1 Å². The van der Waals surface area contributed by atoms with Gasteiger partial charge in [0.05, 0.1) is 0 Å². The molecule has 1 aliphatic heterocycles. The van der Waals surface area contributed by atoms with Crippen molar-refractivity contribution >= 4 is 17.3 Å². The first-order valence-electron chi connectivity index (χ1n) is 8.27. The van der Waals surface area contributed by atoms with Crippen LogP contribution >= 0.6 is 11.3 Å². The molecule has 1 aliphatic rings. The van der Waals surface area contributed by atoms with Crippen molar-refractivity contribution in [1.29, 1.82) is 0 Å². The predicted molar refractivity (Wildman–Crippen MR) is 96.7 cm³/mol. The molecule has 1 aromatic heterocycles. The van der Waals surface area contributed by atoms with Gasteiger partial charge in [0.1, 0.15) is 0 Å². The molecule has 2 heterocycles. The van der Waals surface area contributed by atoms with E-state index in [2.05, 4.69) is 59.7 Å². The first kappa shape index (κ1) is 17.3. The highest BCUT2D eigenvalue weighted by atomic mass is 32.1. The van der Waals surface area contributed by atoms with E-state index >= 15 is 0 Å². The minimum Gasteiger partial charge on any atom is -0.355 e. The van der Waals surface area contributed by atoms with Gasteiger partial charge >= 0.3 is 0 Å². The van der Waals surface area contributed by atoms with Gasteiger partial charge in [-0.1, -0.05) is 13.8 Å². The van der Waals surface area contributed by atoms with Gasteiger partial charge in [-0.3, -0.25) is 9.89 Å². The molecule has 124 valence electrons. The third-order valence-electron chi connectivity index (χ3n) is 4.61. The molecule has 2 rings (SSSR count). The number of thiophene rings is 1. The van der Waals surface area contributed by atoms with Gasteiger partial charge in [0.15, 0.2) is 5.96 Å². The normalized spacial score (nSPS) is 18.9. The second-order valence-electron chi connectivity index (χ2n) is 6.57. The Bertz CT molecular complexity index is 495. The largest absolute Gasteiger partial charge is 0.355 e. The summed E-state index contributed by atoms with van der Waals surface area (Å²) in [6.07, 6.45) is 1.19. The Morgan fingerprint density at radius 3 is 2.82 bits per heavy atom. The average Bonchev–Trinajstić information content (AvgIpc) is 2.98. The molecule has 0 amide bonds. The Morgan fingerprint density at radius 2 is 2.14 bits per heavy atom. The summed E-state index contributed by atoms with van der Waals surface area (Å²) in [6, 6.07) is 3.20. The Kier molecular flexibility index (Phi) is 6.26. The molecule has 2 N–H and O–H groups in total. The van der Waals surface area contributed by atoms with E-state index in [1.807, 2.05) is 18.4 Å². The second-order valence-corrected chi connectivity index (χ2v) is 7.57. The Balaban J connectivity index is 1.81. The second kappa shape index (κ2) is 7.97. The molecule has 5 heteroatoms. The third-order valence-corrected chi connectivity index (χ3v) is 5.64. The lowest BCUT2D eigenvalue weighted by Crippen LogP contribution is -2.49. The van der Waals surface area contributed by atoms with Crippen LogP contribution in [0.25, 0.3) is 0 Å². The van der Waals surface area contributed by atoms with Gasteiger partial charge in [-0.25, -0.2) is 0 Å². The first-order chi connectivity index (χ1) is 10.5. The van der Waals surface area contributed by atoms with Crippen LogP contribution in [0.1, 0.15) is 38.1 Å². The average molecular weight is 323 g/mol. The fourth-order valence-electron chi connectivity index (χ4n) is 2.60. The van der Waals surface area contributed by atoms with Crippen LogP contribution in [0, 0.1) is 5.92 Å². The highest BCUT2D eigenvalue weighted by Crippen LogP contribution is 2.24. The minimum absolute atomic E-state index is 0.421. The highest BCUT2D eigenvalue weighted by molar-refractivity contribution is 7.10. The van der Waals surface area contributed by atoms with Gasteiger partial charge in [0.25, 0.3) is 0 Å². The van der Waals surface area contributed by atoms with Crippen molar-refractivity contribution in [2.75, 3.05) is 20.1 Å². The van der Waals surface area contributed by atoms with E-state index in [0.29, 0.717) is 18.0 Å². The van der Waals surface area contributed by atoms with Crippen LogP contribution in [0.5, 0.6) is 0 Å². The molecule has 2 atom stereocenters. The van der Waals surface area contributed by atoms with Crippen molar-refractivity contribution in [2.45, 2.75) is 52.7 Å². The number of nitrogens with zero attached hydrogens (tertiary/aromatic N) is 2. The van der Waals surface area contributed by atoms with E-state index in [-0.39, 0.29) is 0 Å². The van der Waals surface area contributed by atoms with Gasteiger partial charge in [-0.2, -0.15) is 0 Å². The minimum atomic E-state index is 0.421. The summed E-state index contributed by atoms with van der Waals surface area (Å²) in [4.78, 5) is 8.46. The molecule has 0 aliphatic carbocycles. The SMILES string of the molecule is CN=C(NCC(C)N1CCc2sccc2C1)NC(C)C(C)C. The molecule has 2 unspecified atom stereocenters. The van der Waals surface area contributed by atoms with E-state index in [1.54, 1.807) is 4.88 Å². The van der Waals surface area contributed by atoms with Crippen molar-refractivity contribution in [3.63, 3.8) is 0 Å². The number of fused-ring (bicyclic) bond motifs is 1. The topological polar surface area (TPSA) is 39.7 Å². The number of hydrogen-bond donors (Lipinski definition) is 2. The lowest BCUT2D eigenvalue weighted by molar-refractivity contribution is 0.192. The fourth-order valence-corrected chi connectivity index (χ4v) is 3.49. The molecule has 0 aromatic carbocycles. The summed E-state index contributed by atoms with van der Waals surface area (Å²) in [5, 5.41) is 9.15. The molecule has 0 saturated heterocycles. The third kappa shape index (κ3) is 4.46.